The van der Waals surface area contributed by atoms with Crippen molar-refractivity contribution >= 4 is 11.5 Å². The molecule has 0 saturated heterocycles. The molecule has 4 heteroatoms. The quantitative estimate of drug-likeness (QED) is 0.647. The normalized spacial score (nSPS) is 10.4. The van der Waals surface area contributed by atoms with Crippen LogP contribution in [0.5, 0.6) is 0 Å². The summed E-state index contributed by atoms with van der Waals surface area (Å²) in [7, 11) is 1.27. The fourth-order valence-electron chi connectivity index (χ4n) is 1.40. The molecule has 3 nitrogen and oxygen atoms in total. The molecule has 0 aliphatic rings. The maximum absolute atomic E-state index is 13.3. The predicted molar refractivity (Wildman–Crippen MR) is 48.7 cm³/mol. The lowest BCUT2D eigenvalue weighted by Crippen LogP contribution is -2.01. The molecule has 0 bridgehead atoms. The summed E-state index contributed by atoms with van der Waals surface area (Å²) in [6.45, 7) is 0. The van der Waals surface area contributed by atoms with Crippen LogP contribution >= 0.6 is 0 Å². The summed E-state index contributed by atoms with van der Waals surface area (Å²) in [5, 5.41) is 0. The molecule has 2 aromatic rings. The van der Waals surface area contributed by atoms with Crippen molar-refractivity contribution in [1.82, 2.24) is 4.40 Å². The van der Waals surface area contributed by atoms with Crippen molar-refractivity contribution in [2.24, 2.45) is 0 Å². The Labute approximate surface area is 79.7 Å². The van der Waals surface area contributed by atoms with E-state index in [1.807, 2.05) is 0 Å². The van der Waals surface area contributed by atoms with Crippen LogP contribution in [-0.2, 0) is 4.74 Å². The van der Waals surface area contributed by atoms with Gasteiger partial charge in [0, 0.05) is 12.4 Å². The Bertz CT molecular complexity index is 490. The molecule has 2 rings (SSSR count). The van der Waals surface area contributed by atoms with E-state index in [2.05, 4.69) is 4.74 Å². The molecular formula is C10H8FNO2. The maximum atomic E-state index is 13.3. The fourth-order valence-corrected chi connectivity index (χ4v) is 1.40. The monoisotopic (exact) mass is 193 g/mol. The summed E-state index contributed by atoms with van der Waals surface area (Å²) in [5.74, 6) is -0.962. The molecular weight excluding hydrogens is 185 g/mol. The average molecular weight is 193 g/mol. The summed E-state index contributed by atoms with van der Waals surface area (Å²) in [6, 6.07) is 4.41. The molecule has 0 atom stereocenters. The van der Waals surface area contributed by atoms with Gasteiger partial charge in [0.05, 0.1) is 18.2 Å². The average Bonchev–Trinajstić information content (AvgIpc) is 2.62. The Morgan fingerprint density at radius 1 is 1.43 bits per heavy atom. The van der Waals surface area contributed by atoms with Crippen molar-refractivity contribution in [3.05, 3.63) is 42.0 Å². The number of ether oxygens (including phenoxy) is 1. The third-order valence-corrected chi connectivity index (χ3v) is 2.04. The molecule has 0 N–H and O–H groups in total. The Morgan fingerprint density at radius 2 is 2.21 bits per heavy atom. The smallest absolute Gasteiger partial charge is 0.340 e. The van der Waals surface area contributed by atoms with Crippen molar-refractivity contribution in [3.63, 3.8) is 0 Å². The molecule has 0 fully saturated rings. The van der Waals surface area contributed by atoms with Gasteiger partial charge in [0.15, 0.2) is 0 Å². The molecule has 0 radical (unpaired) electrons. The molecule has 0 spiro atoms. The van der Waals surface area contributed by atoms with E-state index >= 15 is 0 Å². The minimum atomic E-state index is -0.530. The largest absolute Gasteiger partial charge is 0.465 e. The van der Waals surface area contributed by atoms with Crippen LogP contribution < -0.4 is 0 Å². The van der Waals surface area contributed by atoms with Crippen LogP contribution in [0.15, 0.2) is 30.6 Å². The summed E-state index contributed by atoms with van der Waals surface area (Å²) in [6.07, 6.45) is 3.29. The van der Waals surface area contributed by atoms with Gasteiger partial charge in [-0.15, -0.1) is 0 Å². The van der Waals surface area contributed by atoms with Crippen molar-refractivity contribution in [1.29, 1.82) is 0 Å². The van der Waals surface area contributed by atoms with Crippen molar-refractivity contribution in [2.45, 2.75) is 0 Å². The molecule has 14 heavy (non-hydrogen) atoms. The molecule has 0 aliphatic heterocycles. The number of aromatic nitrogens is 1. The van der Waals surface area contributed by atoms with Crippen molar-refractivity contribution in [3.8, 4) is 0 Å². The highest BCUT2D eigenvalue weighted by atomic mass is 19.1. The van der Waals surface area contributed by atoms with Gasteiger partial charge in [-0.25, -0.2) is 9.18 Å². The first-order chi connectivity index (χ1) is 6.74. The highest BCUT2D eigenvalue weighted by Crippen LogP contribution is 2.16. The minimum Gasteiger partial charge on any atom is -0.465 e. The summed E-state index contributed by atoms with van der Waals surface area (Å²) in [5.41, 5.74) is 0.491. The number of carbonyl (C=O) groups is 1. The first kappa shape index (κ1) is 8.74. The lowest BCUT2D eigenvalue weighted by molar-refractivity contribution is 0.0603. The molecule has 2 heterocycles. The SMILES string of the molecule is COC(=O)c1ccn2cccc(F)c12. The van der Waals surface area contributed by atoms with E-state index in [0.717, 1.165) is 0 Å². The zero-order chi connectivity index (χ0) is 10.1. The van der Waals surface area contributed by atoms with Crippen LogP contribution in [0.1, 0.15) is 10.4 Å². The number of hydrogen-bond donors (Lipinski definition) is 0. The summed E-state index contributed by atoms with van der Waals surface area (Å²) in [4.78, 5) is 11.2. The Morgan fingerprint density at radius 3 is 2.93 bits per heavy atom. The van der Waals surface area contributed by atoms with Gasteiger partial charge in [0.1, 0.15) is 5.82 Å². The topological polar surface area (TPSA) is 30.7 Å². The number of halogens is 1. The predicted octanol–water partition coefficient (Wildman–Crippen LogP) is 1.86. The van der Waals surface area contributed by atoms with Gasteiger partial charge in [0.2, 0.25) is 0 Å². The molecule has 72 valence electrons. The first-order valence-electron chi connectivity index (χ1n) is 4.07. The number of hydrogen-bond acceptors (Lipinski definition) is 2. The van der Waals surface area contributed by atoms with Crippen LogP contribution in [0.4, 0.5) is 4.39 Å². The van der Waals surface area contributed by atoms with Crippen LogP contribution in [0.2, 0.25) is 0 Å². The van der Waals surface area contributed by atoms with Crippen LogP contribution in [0, 0.1) is 5.82 Å². The van der Waals surface area contributed by atoms with E-state index in [1.165, 1.54) is 19.2 Å². The zero-order valence-electron chi connectivity index (χ0n) is 7.53. The highest BCUT2D eigenvalue weighted by Gasteiger charge is 2.14. The van der Waals surface area contributed by atoms with Gasteiger partial charge >= 0.3 is 5.97 Å². The highest BCUT2D eigenvalue weighted by molar-refractivity contribution is 5.97. The summed E-state index contributed by atoms with van der Waals surface area (Å²) >= 11 is 0. The Hall–Kier alpha value is -1.84. The third-order valence-electron chi connectivity index (χ3n) is 2.04. The van der Waals surface area contributed by atoms with E-state index in [-0.39, 0.29) is 11.1 Å². The van der Waals surface area contributed by atoms with Gasteiger partial charge in [0.25, 0.3) is 0 Å². The van der Waals surface area contributed by atoms with E-state index < -0.39 is 11.8 Å². The van der Waals surface area contributed by atoms with Crippen molar-refractivity contribution in [2.75, 3.05) is 7.11 Å². The maximum Gasteiger partial charge on any atom is 0.340 e. The Kier molecular flexibility index (Phi) is 1.96. The first-order valence-corrected chi connectivity index (χ1v) is 4.07. The van der Waals surface area contributed by atoms with Gasteiger partial charge in [-0.1, -0.05) is 0 Å². The minimum absolute atomic E-state index is 0.241. The second-order valence-electron chi connectivity index (χ2n) is 2.83. The second kappa shape index (κ2) is 3.14. The van der Waals surface area contributed by atoms with Gasteiger partial charge in [-0.2, -0.15) is 0 Å². The van der Waals surface area contributed by atoms with Crippen LogP contribution in [-0.4, -0.2) is 17.5 Å². The van der Waals surface area contributed by atoms with Crippen LogP contribution in [0.25, 0.3) is 5.52 Å². The molecule has 0 unspecified atom stereocenters. The number of esters is 1. The number of rotatable bonds is 1. The molecule has 0 amide bonds. The van der Waals surface area contributed by atoms with E-state index in [0.29, 0.717) is 0 Å². The molecule has 0 aliphatic carbocycles. The zero-order valence-corrected chi connectivity index (χ0v) is 7.53. The van der Waals surface area contributed by atoms with Crippen molar-refractivity contribution < 1.29 is 13.9 Å². The van der Waals surface area contributed by atoms with Gasteiger partial charge in [-0.3, -0.25) is 0 Å². The van der Waals surface area contributed by atoms with E-state index in [4.69, 9.17) is 0 Å². The number of pyridine rings is 1. The van der Waals surface area contributed by atoms with E-state index in [1.54, 1.807) is 22.9 Å². The number of methoxy groups -OCH3 is 1. The van der Waals surface area contributed by atoms with E-state index in [9.17, 15) is 9.18 Å². The molecule has 0 saturated carbocycles. The second-order valence-corrected chi connectivity index (χ2v) is 2.83. The molecule has 2 aromatic heterocycles. The standard InChI is InChI=1S/C10H8FNO2/c1-14-10(13)7-4-6-12-5-2-3-8(11)9(7)12/h2-6H,1H3. The summed E-state index contributed by atoms with van der Waals surface area (Å²) < 4.78 is 19.4. The number of fused-ring (bicyclic) bond motifs is 1. The third kappa shape index (κ3) is 1.16. The fraction of sp³-hybridized carbons (Fsp3) is 0.100. The van der Waals surface area contributed by atoms with Gasteiger partial charge in [-0.05, 0) is 18.2 Å². The Balaban J connectivity index is 2.73. The lowest BCUT2D eigenvalue weighted by atomic mass is 10.2. The molecule has 0 aromatic carbocycles. The number of carbonyl (C=O) groups excluding carboxylic acids is 1. The van der Waals surface area contributed by atoms with Crippen LogP contribution in [0.3, 0.4) is 0 Å². The lowest BCUT2D eigenvalue weighted by Gasteiger charge is -1.99. The number of nitrogens with zero attached hydrogens (tertiary/aromatic N) is 1. The van der Waals surface area contributed by atoms with Gasteiger partial charge < -0.3 is 9.14 Å².